The molecule has 0 aliphatic carbocycles. The van der Waals surface area contributed by atoms with Crippen molar-refractivity contribution in [3.05, 3.63) is 48.0 Å². The summed E-state index contributed by atoms with van der Waals surface area (Å²) in [6.07, 6.45) is 1.55. The van der Waals surface area contributed by atoms with E-state index in [1.54, 1.807) is 0 Å². The van der Waals surface area contributed by atoms with Crippen molar-refractivity contribution in [2.75, 3.05) is 18.6 Å². The van der Waals surface area contributed by atoms with Gasteiger partial charge in [-0.1, -0.05) is 12.1 Å². The van der Waals surface area contributed by atoms with E-state index in [1.807, 2.05) is 38.1 Å². The maximum absolute atomic E-state index is 12.8. The topological polar surface area (TPSA) is 102 Å². The molecule has 172 valence electrons. The molecule has 1 saturated heterocycles. The average molecular weight is 461 g/mol. The van der Waals surface area contributed by atoms with Crippen molar-refractivity contribution in [3.63, 3.8) is 0 Å². The number of amides is 2. The van der Waals surface area contributed by atoms with Gasteiger partial charge in [0.1, 0.15) is 11.5 Å². The summed E-state index contributed by atoms with van der Waals surface area (Å²) in [7, 11) is -2.43. The molecule has 0 saturated carbocycles. The third-order valence-electron chi connectivity index (χ3n) is 4.96. The van der Waals surface area contributed by atoms with Crippen molar-refractivity contribution in [2.24, 2.45) is 0 Å². The number of carbonyl (C=O) groups excluding carboxylic acids is 2. The van der Waals surface area contributed by atoms with Crippen LogP contribution in [0.15, 0.2) is 47.4 Å². The summed E-state index contributed by atoms with van der Waals surface area (Å²) in [6.45, 7) is 4.16. The summed E-state index contributed by atoms with van der Waals surface area (Å²) >= 11 is 0. The van der Waals surface area contributed by atoms with Crippen LogP contribution in [-0.2, 0) is 26.0 Å². The molecule has 0 aromatic heterocycles. The number of methoxy groups -OCH3 is 1. The summed E-state index contributed by atoms with van der Waals surface area (Å²) in [5, 5.41) is 0. The Morgan fingerprint density at radius 2 is 1.78 bits per heavy atom. The number of benzene rings is 2. The van der Waals surface area contributed by atoms with Crippen LogP contribution in [0.2, 0.25) is 0 Å². The number of aryl methyl sites for hydroxylation is 1. The van der Waals surface area contributed by atoms with Crippen LogP contribution in [0, 0.1) is 0 Å². The van der Waals surface area contributed by atoms with Crippen molar-refractivity contribution in [1.29, 1.82) is 0 Å². The molecule has 2 amide bonds. The summed E-state index contributed by atoms with van der Waals surface area (Å²) < 4.78 is 39.1. The molecular formula is C23H28N2O6S. The number of nitrogens with zero attached hydrogens (tertiary/aromatic N) is 1. The van der Waals surface area contributed by atoms with Gasteiger partial charge in [0, 0.05) is 19.4 Å². The summed E-state index contributed by atoms with van der Waals surface area (Å²) in [5.74, 6) is 0.296. The Bertz CT molecular complexity index is 1080. The van der Waals surface area contributed by atoms with Crippen molar-refractivity contribution in [2.45, 2.75) is 50.5 Å². The number of hydrogen-bond donors (Lipinski definition) is 1. The quantitative estimate of drug-likeness (QED) is 0.432. The lowest BCUT2D eigenvalue weighted by molar-refractivity contribution is -0.121. The summed E-state index contributed by atoms with van der Waals surface area (Å²) in [6, 6.07) is 11.9. The molecule has 0 bridgehead atoms. The van der Waals surface area contributed by atoms with Crippen LogP contribution in [0.4, 0.5) is 5.69 Å². The van der Waals surface area contributed by atoms with E-state index >= 15 is 0 Å². The lowest BCUT2D eigenvalue weighted by Crippen LogP contribution is -2.30. The molecule has 0 spiro atoms. The fraction of sp³-hybridized carbons (Fsp3) is 0.391. The van der Waals surface area contributed by atoms with Crippen LogP contribution in [0.3, 0.4) is 0 Å². The van der Waals surface area contributed by atoms with Gasteiger partial charge < -0.3 is 9.47 Å². The van der Waals surface area contributed by atoms with Gasteiger partial charge in [-0.25, -0.2) is 18.0 Å². The molecule has 0 atom stereocenters. The van der Waals surface area contributed by atoms with Crippen LogP contribution in [0.1, 0.15) is 38.7 Å². The lowest BCUT2D eigenvalue weighted by atomic mass is 10.1. The smallest absolute Gasteiger partial charge is 0.240 e. The number of imide groups is 1. The molecule has 1 aliphatic rings. The summed E-state index contributed by atoms with van der Waals surface area (Å²) in [4.78, 5) is 25.2. The first kappa shape index (κ1) is 23.7. The number of rotatable bonds is 10. The van der Waals surface area contributed by atoms with Crippen molar-refractivity contribution >= 4 is 27.5 Å². The number of nitrogens with one attached hydrogen (secondary N) is 1. The minimum absolute atomic E-state index is 0.0341. The van der Waals surface area contributed by atoms with E-state index in [2.05, 4.69) is 4.72 Å². The van der Waals surface area contributed by atoms with Crippen LogP contribution in [0.5, 0.6) is 11.5 Å². The minimum atomic E-state index is -3.83. The Balaban J connectivity index is 1.66. The Labute approximate surface area is 188 Å². The number of anilines is 1. The van der Waals surface area contributed by atoms with Crippen LogP contribution in [-0.4, -0.2) is 40.0 Å². The molecule has 32 heavy (non-hydrogen) atoms. The van der Waals surface area contributed by atoms with E-state index in [9.17, 15) is 18.0 Å². The predicted octanol–water partition coefficient (Wildman–Crippen LogP) is 3.05. The highest BCUT2D eigenvalue weighted by molar-refractivity contribution is 7.89. The summed E-state index contributed by atoms with van der Waals surface area (Å²) in [5.41, 5.74) is 1.20. The zero-order chi connectivity index (χ0) is 23.3. The first-order valence-corrected chi connectivity index (χ1v) is 12.0. The SMILES string of the molecule is COc1ccc(S(=O)(=O)NCCCc2cccc(OC(C)C)c2)cc1N1C(=O)CCC1=O. The highest BCUT2D eigenvalue weighted by atomic mass is 32.2. The fourth-order valence-corrected chi connectivity index (χ4v) is 4.58. The van der Waals surface area contributed by atoms with Crippen molar-refractivity contribution < 1.29 is 27.5 Å². The highest BCUT2D eigenvalue weighted by Gasteiger charge is 2.33. The molecule has 0 unspecified atom stereocenters. The minimum Gasteiger partial charge on any atom is -0.495 e. The van der Waals surface area contributed by atoms with E-state index in [-0.39, 0.29) is 53.6 Å². The molecule has 9 heteroatoms. The molecule has 0 radical (unpaired) electrons. The van der Waals surface area contributed by atoms with Crippen molar-refractivity contribution in [3.8, 4) is 11.5 Å². The maximum atomic E-state index is 12.8. The van der Waals surface area contributed by atoms with Crippen molar-refractivity contribution in [1.82, 2.24) is 4.72 Å². The highest BCUT2D eigenvalue weighted by Crippen LogP contribution is 2.34. The first-order chi connectivity index (χ1) is 15.2. The van der Waals surface area contributed by atoms with Gasteiger partial charge in [0.25, 0.3) is 0 Å². The molecule has 1 heterocycles. The normalized spacial score (nSPS) is 14.3. The number of sulfonamides is 1. The zero-order valence-corrected chi connectivity index (χ0v) is 19.3. The Morgan fingerprint density at radius 1 is 1.06 bits per heavy atom. The first-order valence-electron chi connectivity index (χ1n) is 10.5. The van der Waals surface area contributed by atoms with Crippen LogP contribution < -0.4 is 19.1 Å². The second-order valence-electron chi connectivity index (χ2n) is 7.77. The van der Waals surface area contributed by atoms with Gasteiger partial charge in [-0.2, -0.15) is 0 Å². The monoisotopic (exact) mass is 460 g/mol. The fourth-order valence-electron chi connectivity index (χ4n) is 3.49. The maximum Gasteiger partial charge on any atom is 0.240 e. The lowest BCUT2D eigenvalue weighted by Gasteiger charge is -2.18. The molecule has 1 N–H and O–H groups in total. The number of carbonyl (C=O) groups is 2. The van der Waals surface area contributed by atoms with Gasteiger partial charge in [0.15, 0.2) is 0 Å². The molecular weight excluding hydrogens is 432 g/mol. The predicted molar refractivity (Wildman–Crippen MR) is 120 cm³/mol. The molecule has 8 nitrogen and oxygen atoms in total. The zero-order valence-electron chi connectivity index (χ0n) is 18.5. The van der Waals surface area contributed by atoms with Gasteiger partial charge in [0.05, 0.1) is 23.8 Å². The van der Waals surface area contributed by atoms with Crippen LogP contribution >= 0.6 is 0 Å². The molecule has 1 aliphatic heterocycles. The molecule has 2 aromatic rings. The Kier molecular flexibility index (Phi) is 7.52. The van der Waals surface area contributed by atoms with E-state index in [4.69, 9.17) is 9.47 Å². The van der Waals surface area contributed by atoms with E-state index in [0.29, 0.717) is 12.8 Å². The second-order valence-corrected chi connectivity index (χ2v) is 9.54. The Morgan fingerprint density at radius 3 is 2.44 bits per heavy atom. The van der Waals surface area contributed by atoms with Gasteiger partial charge in [0.2, 0.25) is 21.8 Å². The van der Waals surface area contributed by atoms with Gasteiger partial charge >= 0.3 is 0 Å². The number of hydrogen-bond acceptors (Lipinski definition) is 6. The van der Waals surface area contributed by atoms with E-state index in [1.165, 1.54) is 25.3 Å². The van der Waals surface area contributed by atoms with E-state index in [0.717, 1.165) is 16.2 Å². The molecule has 1 fully saturated rings. The van der Waals surface area contributed by atoms with Gasteiger partial charge in [-0.3, -0.25) is 9.59 Å². The van der Waals surface area contributed by atoms with Crippen LogP contribution in [0.25, 0.3) is 0 Å². The molecule has 3 rings (SSSR count). The third kappa shape index (κ3) is 5.66. The average Bonchev–Trinajstić information content (AvgIpc) is 3.08. The largest absolute Gasteiger partial charge is 0.495 e. The third-order valence-corrected chi connectivity index (χ3v) is 6.42. The standard InChI is InChI=1S/C23H28N2O6S/c1-16(2)31-18-8-4-6-17(14-18)7-5-13-24-32(28,29)19-9-10-21(30-3)20(15-19)25-22(26)11-12-23(25)27/h4,6,8-10,14-16,24H,5,7,11-13H2,1-3H3. The Hall–Kier alpha value is -2.91. The van der Waals surface area contributed by atoms with Gasteiger partial charge in [-0.05, 0) is 62.6 Å². The molecule has 2 aromatic carbocycles. The van der Waals surface area contributed by atoms with Gasteiger partial charge in [-0.15, -0.1) is 0 Å². The second kappa shape index (κ2) is 10.1. The van der Waals surface area contributed by atoms with E-state index < -0.39 is 10.0 Å². The number of ether oxygens (including phenoxy) is 2.